The Labute approximate surface area is 193 Å². The highest BCUT2D eigenvalue weighted by atomic mass is 79.9. The number of hydrogen-bond donors (Lipinski definition) is 3. The highest BCUT2D eigenvalue weighted by molar-refractivity contribution is 9.10. The first-order valence-corrected chi connectivity index (χ1v) is 11.0. The van der Waals surface area contributed by atoms with Gasteiger partial charge in [0.05, 0.1) is 28.9 Å². The van der Waals surface area contributed by atoms with Gasteiger partial charge in [0.25, 0.3) is 0 Å². The van der Waals surface area contributed by atoms with Crippen molar-refractivity contribution < 1.29 is 17.9 Å². The molecule has 0 saturated heterocycles. The summed E-state index contributed by atoms with van der Waals surface area (Å²) in [6, 6.07) is 7.59. The molecule has 0 bridgehead atoms. The summed E-state index contributed by atoms with van der Waals surface area (Å²) < 4.78 is 50.5. The van der Waals surface area contributed by atoms with Crippen molar-refractivity contribution in [2.24, 2.45) is 0 Å². The zero-order valence-corrected chi connectivity index (χ0v) is 18.8. The van der Waals surface area contributed by atoms with Crippen LogP contribution in [0.4, 0.5) is 24.8 Å². The highest BCUT2D eigenvalue weighted by Crippen LogP contribution is 2.36. The zero-order valence-electron chi connectivity index (χ0n) is 16.4. The molecule has 5 rings (SSSR count). The van der Waals surface area contributed by atoms with E-state index in [2.05, 4.69) is 35.9 Å². The molecule has 1 aromatic heterocycles. The number of aromatic amines is 1. The summed E-state index contributed by atoms with van der Waals surface area (Å²) in [4.78, 5) is 7.26. The summed E-state index contributed by atoms with van der Waals surface area (Å²) in [5.74, 6) is 1.74. The van der Waals surface area contributed by atoms with Crippen LogP contribution in [0, 0.1) is 6.92 Å². The largest absolute Gasteiger partial charge is 0.457 e. The van der Waals surface area contributed by atoms with E-state index < -0.39 is 11.7 Å². The van der Waals surface area contributed by atoms with Gasteiger partial charge in [0, 0.05) is 28.6 Å². The van der Waals surface area contributed by atoms with Crippen LogP contribution in [-0.2, 0) is 6.18 Å². The summed E-state index contributed by atoms with van der Waals surface area (Å²) >= 11 is 4.65. The number of nitrogens with zero attached hydrogens (tertiary/aromatic N) is 2. The van der Waals surface area contributed by atoms with E-state index in [9.17, 15) is 13.2 Å². The quantitative estimate of drug-likeness (QED) is 0.341. The molecule has 6 nitrogen and oxygen atoms in total. The number of H-pyrrole nitrogens is 1. The molecule has 3 heterocycles. The summed E-state index contributed by atoms with van der Waals surface area (Å²) in [6.45, 7) is 1.91. The van der Waals surface area contributed by atoms with Crippen molar-refractivity contribution in [3.63, 3.8) is 0 Å². The first-order valence-electron chi connectivity index (χ1n) is 9.40. The van der Waals surface area contributed by atoms with E-state index in [4.69, 9.17) is 4.74 Å². The minimum absolute atomic E-state index is 0.268. The second-order valence-electron chi connectivity index (χ2n) is 7.11. The summed E-state index contributed by atoms with van der Waals surface area (Å²) in [5, 5.41) is 3.10. The van der Waals surface area contributed by atoms with Gasteiger partial charge in [-0.25, -0.2) is 4.98 Å². The number of fused-ring (bicyclic) bond motifs is 2. The van der Waals surface area contributed by atoms with E-state index in [0.29, 0.717) is 23.0 Å². The van der Waals surface area contributed by atoms with Gasteiger partial charge in [-0.05, 0) is 64.8 Å². The number of hydrogen-bond acceptors (Lipinski definition) is 6. The van der Waals surface area contributed by atoms with Crippen molar-refractivity contribution in [3.05, 3.63) is 81.9 Å². The monoisotopic (exact) mass is 521 g/mol. The lowest BCUT2D eigenvalue weighted by Crippen LogP contribution is -2.08. The van der Waals surface area contributed by atoms with Crippen LogP contribution in [0.5, 0.6) is 5.75 Å². The smallest absolute Gasteiger partial charge is 0.416 e. The number of imidazole rings is 1. The molecule has 2 aliphatic heterocycles. The molecule has 32 heavy (non-hydrogen) atoms. The molecule has 0 amide bonds. The predicted octanol–water partition coefficient (Wildman–Crippen LogP) is 6.50. The Morgan fingerprint density at radius 2 is 2.06 bits per heavy atom. The third kappa shape index (κ3) is 4.05. The Balaban J connectivity index is 1.35. The third-order valence-corrected chi connectivity index (χ3v) is 6.17. The molecule has 0 fully saturated rings. The number of nitrogens with one attached hydrogen (secondary N) is 3. The highest BCUT2D eigenvalue weighted by Gasteiger charge is 2.31. The van der Waals surface area contributed by atoms with Crippen LogP contribution in [0.15, 0.2) is 70.8 Å². The van der Waals surface area contributed by atoms with Gasteiger partial charge >= 0.3 is 6.18 Å². The summed E-state index contributed by atoms with van der Waals surface area (Å²) in [7, 11) is 0. The number of halogens is 4. The average molecular weight is 522 g/mol. The van der Waals surface area contributed by atoms with Crippen molar-refractivity contribution in [2.45, 2.75) is 13.1 Å². The number of aromatic nitrogens is 2. The van der Waals surface area contributed by atoms with Crippen LogP contribution in [0.3, 0.4) is 0 Å². The first kappa shape index (κ1) is 20.8. The molecule has 2 aromatic carbocycles. The van der Waals surface area contributed by atoms with E-state index >= 15 is 0 Å². The molecule has 3 N–H and O–H groups in total. The van der Waals surface area contributed by atoms with Gasteiger partial charge in [0.2, 0.25) is 5.95 Å². The maximum atomic E-state index is 13.1. The molecular formula is C21H15BrF3N5OS. The fourth-order valence-electron chi connectivity index (χ4n) is 3.28. The Kier molecular flexibility index (Phi) is 5.09. The topological polar surface area (TPSA) is 65.2 Å². The van der Waals surface area contributed by atoms with E-state index in [-0.39, 0.29) is 9.99 Å². The van der Waals surface area contributed by atoms with Crippen molar-refractivity contribution in [1.29, 1.82) is 0 Å². The van der Waals surface area contributed by atoms with E-state index in [0.717, 1.165) is 29.1 Å². The third-order valence-electron chi connectivity index (χ3n) is 4.81. The number of allylic oxidation sites excluding steroid dienone is 2. The van der Waals surface area contributed by atoms with Gasteiger partial charge in [-0.1, -0.05) is 0 Å². The Bertz CT molecular complexity index is 1310. The lowest BCUT2D eigenvalue weighted by molar-refractivity contribution is -0.137. The fourth-order valence-corrected chi connectivity index (χ4v) is 4.45. The van der Waals surface area contributed by atoms with Crippen LogP contribution in [0.25, 0.3) is 11.0 Å². The van der Waals surface area contributed by atoms with Gasteiger partial charge in [0.1, 0.15) is 17.0 Å². The van der Waals surface area contributed by atoms with Crippen LogP contribution in [0.1, 0.15) is 11.1 Å². The molecule has 2 aliphatic rings. The SMILES string of the molecule is Cc1cc(Nc2nc3c(Br)cc(C(F)(F)F)cc3[nH]2)ccc1OC1=CC2=CNSN2C=C1. The minimum Gasteiger partial charge on any atom is -0.457 e. The second kappa shape index (κ2) is 7.82. The summed E-state index contributed by atoms with van der Waals surface area (Å²) in [6.07, 6.45) is 3.18. The maximum absolute atomic E-state index is 13.1. The summed E-state index contributed by atoms with van der Waals surface area (Å²) in [5.41, 5.74) is 2.55. The number of alkyl halides is 3. The van der Waals surface area contributed by atoms with Crippen molar-refractivity contribution in [3.8, 4) is 5.75 Å². The van der Waals surface area contributed by atoms with Gasteiger partial charge in [-0.15, -0.1) is 0 Å². The van der Waals surface area contributed by atoms with Crippen LogP contribution >= 0.6 is 28.1 Å². The molecule has 164 valence electrons. The molecular weight excluding hydrogens is 507 g/mol. The molecule has 0 saturated carbocycles. The van der Waals surface area contributed by atoms with Gasteiger partial charge in [-0.2, -0.15) is 13.2 Å². The lowest BCUT2D eigenvalue weighted by Gasteiger charge is -2.18. The van der Waals surface area contributed by atoms with Gasteiger partial charge in [0.15, 0.2) is 0 Å². The van der Waals surface area contributed by atoms with Gasteiger partial charge < -0.3 is 19.8 Å². The zero-order chi connectivity index (χ0) is 22.5. The molecule has 3 aromatic rings. The van der Waals surface area contributed by atoms with Crippen molar-refractivity contribution in [1.82, 2.24) is 19.0 Å². The number of aryl methyl sites for hydroxylation is 1. The second-order valence-corrected chi connectivity index (χ2v) is 8.78. The van der Waals surface area contributed by atoms with Gasteiger partial charge in [-0.3, -0.25) is 4.31 Å². The molecule has 0 aliphatic carbocycles. The van der Waals surface area contributed by atoms with Crippen LogP contribution < -0.4 is 14.8 Å². The standard InChI is InChI=1S/C21H15BrF3N5OS/c1-11-6-13(2-3-18(11)31-15-4-5-30-14(9-15)10-26-32-30)27-20-28-17-8-12(21(23,24)25)7-16(22)19(17)29-20/h2-10,26H,1H3,(H2,27,28,29). The van der Waals surface area contributed by atoms with E-state index in [1.54, 1.807) is 0 Å². The Hall–Kier alpha value is -3.05. The van der Waals surface area contributed by atoms with Crippen molar-refractivity contribution in [2.75, 3.05) is 5.32 Å². The normalized spacial score (nSPS) is 15.3. The van der Waals surface area contributed by atoms with E-state index in [1.165, 1.54) is 12.1 Å². The number of rotatable bonds is 4. The Morgan fingerprint density at radius 1 is 1.22 bits per heavy atom. The first-order chi connectivity index (χ1) is 15.3. The fraction of sp³-hybridized carbons (Fsp3) is 0.0952. The molecule has 0 spiro atoms. The lowest BCUT2D eigenvalue weighted by atomic mass is 10.2. The van der Waals surface area contributed by atoms with E-state index in [1.807, 2.05) is 54.0 Å². The number of anilines is 2. The maximum Gasteiger partial charge on any atom is 0.416 e. The van der Waals surface area contributed by atoms with Crippen LogP contribution in [-0.4, -0.2) is 14.3 Å². The molecule has 0 unspecified atom stereocenters. The molecule has 0 radical (unpaired) electrons. The number of ether oxygens (including phenoxy) is 1. The Morgan fingerprint density at radius 3 is 2.84 bits per heavy atom. The molecule has 11 heteroatoms. The molecule has 0 atom stereocenters. The minimum atomic E-state index is -4.44. The van der Waals surface area contributed by atoms with Crippen molar-refractivity contribution >= 4 is 50.7 Å². The van der Waals surface area contributed by atoms with Crippen LogP contribution in [0.2, 0.25) is 0 Å². The average Bonchev–Trinajstić information content (AvgIpc) is 3.35. The predicted molar refractivity (Wildman–Crippen MR) is 122 cm³/mol. The number of benzene rings is 2.